The van der Waals surface area contributed by atoms with Crippen molar-refractivity contribution in [1.29, 1.82) is 0 Å². The maximum absolute atomic E-state index is 11.4. The Hall–Kier alpha value is -1.64. The number of carbonyl (C=O) groups is 1. The van der Waals surface area contributed by atoms with E-state index in [2.05, 4.69) is 4.99 Å². The third-order valence-corrected chi connectivity index (χ3v) is 2.64. The standard InChI is InChI=1S/C12H13NO2/c1-8-10-6-4-3-5-9(10)7-11(13-8)12(14)15-2/h3-6,11H,7H2,1-2H3. The van der Waals surface area contributed by atoms with Gasteiger partial charge in [-0.1, -0.05) is 24.3 Å². The van der Waals surface area contributed by atoms with Gasteiger partial charge in [-0.3, -0.25) is 4.99 Å². The first kappa shape index (κ1) is 9.90. The van der Waals surface area contributed by atoms with Crippen LogP contribution in [0, 0.1) is 0 Å². The molecule has 0 bridgehead atoms. The zero-order valence-corrected chi connectivity index (χ0v) is 8.86. The summed E-state index contributed by atoms with van der Waals surface area (Å²) in [6, 6.07) is 7.65. The monoisotopic (exact) mass is 203 g/mol. The van der Waals surface area contributed by atoms with Crippen LogP contribution in [0.15, 0.2) is 29.3 Å². The molecule has 1 aliphatic rings. The van der Waals surface area contributed by atoms with Crippen molar-refractivity contribution >= 4 is 11.7 Å². The molecule has 0 amide bonds. The Balaban J connectivity index is 2.36. The lowest BCUT2D eigenvalue weighted by molar-refractivity contribution is -0.142. The fourth-order valence-corrected chi connectivity index (χ4v) is 1.88. The van der Waals surface area contributed by atoms with Crippen molar-refractivity contribution in [3.05, 3.63) is 35.4 Å². The number of carbonyl (C=O) groups excluding carboxylic acids is 1. The van der Waals surface area contributed by atoms with Gasteiger partial charge < -0.3 is 4.74 Å². The van der Waals surface area contributed by atoms with Crippen molar-refractivity contribution < 1.29 is 9.53 Å². The number of hydrogen-bond acceptors (Lipinski definition) is 3. The van der Waals surface area contributed by atoms with Crippen LogP contribution in [0.25, 0.3) is 0 Å². The Labute approximate surface area is 88.8 Å². The molecular weight excluding hydrogens is 190 g/mol. The van der Waals surface area contributed by atoms with Crippen LogP contribution >= 0.6 is 0 Å². The summed E-state index contributed by atoms with van der Waals surface area (Å²) in [6.07, 6.45) is 0.639. The van der Waals surface area contributed by atoms with Crippen LogP contribution in [0.5, 0.6) is 0 Å². The van der Waals surface area contributed by atoms with E-state index in [1.54, 1.807) is 0 Å². The number of esters is 1. The second-order valence-corrected chi connectivity index (χ2v) is 3.61. The summed E-state index contributed by atoms with van der Waals surface area (Å²) in [6.45, 7) is 1.92. The number of nitrogens with zero attached hydrogens (tertiary/aromatic N) is 1. The highest BCUT2D eigenvalue weighted by molar-refractivity contribution is 6.02. The molecule has 0 N–H and O–H groups in total. The smallest absolute Gasteiger partial charge is 0.330 e. The highest BCUT2D eigenvalue weighted by atomic mass is 16.5. The molecule has 1 aromatic rings. The zero-order chi connectivity index (χ0) is 10.8. The van der Waals surface area contributed by atoms with Crippen LogP contribution in [0.3, 0.4) is 0 Å². The lowest BCUT2D eigenvalue weighted by Crippen LogP contribution is -2.28. The normalized spacial score (nSPS) is 19.1. The number of hydrogen-bond donors (Lipinski definition) is 0. The Morgan fingerprint density at radius 1 is 1.47 bits per heavy atom. The summed E-state index contributed by atoms with van der Waals surface area (Å²) in [5.41, 5.74) is 3.21. The maximum Gasteiger partial charge on any atom is 0.330 e. The topological polar surface area (TPSA) is 38.7 Å². The van der Waals surface area contributed by atoms with Crippen LogP contribution in [-0.4, -0.2) is 24.8 Å². The van der Waals surface area contributed by atoms with Crippen LogP contribution in [0.4, 0.5) is 0 Å². The molecule has 1 heterocycles. The van der Waals surface area contributed by atoms with Gasteiger partial charge in [0, 0.05) is 12.1 Å². The van der Waals surface area contributed by atoms with Gasteiger partial charge in [0.2, 0.25) is 0 Å². The molecule has 3 nitrogen and oxygen atoms in total. The Bertz CT molecular complexity index is 423. The number of fused-ring (bicyclic) bond motifs is 1. The Morgan fingerprint density at radius 3 is 2.93 bits per heavy atom. The Kier molecular flexibility index (Phi) is 2.54. The van der Waals surface area contributed by atoms with Crippen molar-refractivity contribution in [1.82, 2.24) is 0 Å². The number of rotatable bonds is 1. The fraction of sp³-hybridized carbons (Fsp3) is 0.333. The maximum atomic E-state index is 11.4. The van der Waals surface area contributed by atoms with E-state index < -0.39 is 0 Å². The fourth-order valence-electron chi connectivity index (χ4n) is 1.88. The van der Waals surface area contributed by atoms with E-state index in [0.717, 1.165) is 11.3 Å². The average Bonchev–Trinajstić information content (AvgIpc) is 2.28. The van der Waals surface area contributed by atoms with Gasteiger partial charge in [-0.25, -0.2) is 4.79 Å². The molecule has 0 aliphatic carbocycles. The number of methoxy groups -OCH3 is 1. The van der Waals surface area contributed by atoms with Crippen LogP contribution in [0.1, 0.15) is 18.1 Å². The summed E-state index contributed by atoms with van der Waals surface area (Å²) in [5, 5.41) is 0. The summed E-state index contributed by atoms with van der Waals surface area (Å²) in [4.78, 5) is 15.7. The summed E-state index contributed by atoms with van der Waals surface area (Å²) in [7, 11) is 1.40. The largest absolute Gasteiger partial charge is 0.467 e. The molecule has 0 spiro atoms. The van der Waals surface area contributed by atoms with Crippen LogP contribution < -0.4 is 0 Å². The van der Waals surface area contributed by atoms with E-state index in [1.807, 2.05) is 31.2 Å². The van der Waals surface area contributed by atoms with Gasteiger partial charge >= 0.3 is 5.97 Å². The highest BCUT2D eigenvalue weighted by Gasteiger charge is 2.24. The summed E-state index contributed by atoms with van der Waals surface area (Å²) in [5.74, 6) is -0.260. The van der Waals surface area contributed by atoms with E-state index in [4.69, 9.17) is 4.74 Å². The zero-order valence-electron chi connectivity index (χ0n) is 8.86. The van der Waals surface area contributed by atoms with Crippen molar-refractivity contribution in [2.45, 2.75) is 19.4 Å². The summed E-state index contributed by atoms with van der Waals surface area (Å²) >= 11 is 0. The minimum Gasteiger partial charge on any atom is -0.467 e. The van der Waals surface area contributed by atoms with Crippen molar-refractivity contribution in [2.75, 3.05) is 7.11 Å². The molecule has 78 valence electrons. The molecule has 1 aliphatic heterocycles. The predicted molar refractivity (Wildman–Crippen MR) is 58.2 cm³/mol. The summed E-state index contributed by atoms with van der Waals surface area (Å²) < 4.78 is 4.71. The van der Waals surface area contributed by atoms with E-state index in [0.29, 0.717) is 6.42 Å². The third-order valence-electron chi connectivity index (χ3n) is 2.64. The number of aliphatic imine (C=N–C) groups is 1. The van der Waals surface area contributed by atoms with Crippen LogP contribution in [-0.2, 0) is 16.0 Å². The molecule has 0 fully saturated rings. The molecule has 1 aromatic carbocycles. The highest BCUT2D eigenvalue weighted by Crippen LogP contribution is 2.20. The predicted octanol–water partition coefficient (Wildman–Crippen LogP) is 1.59. The second-order valence-electron chi connectivity index (χ2n) is 3.61. The second kappa shape index (κ2) is 3.85. The minimum atomic E-state index is -0.370. The Morgan fingerprint density at radius 2 is 2.20 bits per heavy atom. The van der Waals surface area contributed by atoms with Gasteiger partial charge in [-0.05, 0) is 18.1 Å². The molecule has 0 aromatic heterocycles. The van der Waals surface area contributed by atoms with E-state index in [9.17, 15) is 4.79 Å². The van der Waals surface area contributed by atoms with Crippen molar-refractivity contribution in [2.24, 2.45) is 4.99 Å². The molecule has 0 saturated heterocycles. The van der Waals surface area contributed by atoms with Gasteiger partial charge in [-0.2, -0.15) is 0 Å². The third kappa shape index (κ3) is 1.77. The molecule has 3 heteroatoms. The van der Waals surface area contributed by atoms with Crippen molar-refractivity contribution in [3.63, 3.8) is 0 Å². The first-order valence-corrected chi connectivity index (χ1v) is 4.93. The first-order valence-electron chi connectivity index (χ1n) is 4.93. The molecule has 0 radical (unpaired) electrons. The quantitative estimate of drug-likeness (QED) is 0.650. The molecule has 1 unspecified atom stereocenters. The van der Waals surface area contributed by atoms with E-state index >= 15 is 0 Å². The van der Waals surface area contributed by atoms with Gasteiger partial charge in [-0.15, -0.1) is 0 Å². The molecule has 2 rings (SSSR count). The average molecular weight is 203 g/mol. The lowest BCUT2D eigenvalue weighted by Gasteiger charge is -2.19. The SMILES string of the molecule is COC(=O)C1Cc2ccccc2C(C)=N1. The van der Waals surface area contributed by atoms with Gasteiger partial charge in [0.1, 0.15) is 0 Å². The van der Waals surface area contributed by atoms with Gasteiger partial charge in [0.05, 0.1) is 7.11 Å². The lowest BCUT2D eigenvalue weighted by atomic mass is 9.94. The van der Waals surface area contributed by atoms with Crippen molar-refractivity contribution in [3.8, 4) is 0 Å². The molecular formula is C12H13NO2. The van der Waals surface area contributed by atoms with Crippen LogP contribution in [0.2, 0.25) is 0 Å². The van der Waals surface area contributed by atoms with E-state index in [-0.39, 0.29) is 12.0 Å². The molecule has 15 heavy (non-hydrogen) atoms. The van der Waals surface area contributed by atoms with Gasteiger partial charge in [0.25, 0.3) is 0 Å². The molecule has 1 atom stereocenters. The number of benzene rings is 1. The molecule has 0 saturated carbocycles. The van der Waals surface area contributed by atoms with Gasteiger partial charge in [0.15, 0.2) is 6.04 Å². The minimum absolute atomic E-state index is 0.260. The number of ether oxygens (including phenoxy) is 1. The van der Waals surface area contributed by atoms with E-state index in [1.165, 1.54) is 12.7 Å². The first-order chi connectivity index (χ1) is 7.22.